The number of hydrogen-bond donors (Lipinski definition) is 1. The predicted octanol–water partition coefficient (Wildman–Crippen LogP) is 3.57. The van der Waals surface area contributed by atoms with E-state index in [1.807, 2.05) is 6.07 Å². The van der Waals surface area contributed by atoms with Gasteiger partial charge in [-0.1, -0.05) is 0 Å². The zero-order valence-electron chi connectivity index (χ0n) is 7.83. The Kier molecular flexibility index (Phi) is 6.45. The summed E-state index contributed by atoms with van der Waals surface area (Å²) in [5, 5.41) is 8.59. The van der Waals surface area contributed by atoms with Crippen molar-refractivity contribution in [2.45, 2.75) is 6.42 Å². The van der Waals surface area contributed by atoms with Gasteiger partial charge in [0.2, 0.25) is 0 Å². The average molecular weight is 374 g/mol. The molecule has 1 aromatic heterocycles. The Morgan fingerprint density at radius 3 is 2.80 bits per heavy atom. The highest BCUT2D eigenvalue weighted by Gasteiger charge is 2.13. The fourth-order valence-electron chi connectivity index (χ4n) is 0.940. The summed E-state index contributed by atoms with van der Waals surface area (Å²) in [6.45, 7) is 0.189. The lowest BCUT2D eigenvalue weighted by Gasteiger charge is -1.98. The maximum atomic E-state index is 11.7. The first-order valence-electron chi connectivity index (χ1n) is 4.31. The fourth-order valence-corrected chi connectivity index (χ4v) is 4.61. The molecule has 1 rings (SSSR count). The summed E-state index contributed by atoms with van der Waals surface area (Å²) in [5.74, 6) is 1.43. The first-order chi connectivity index (χ1) is 7.15. The SMILES string of the molecule is O=C(CSCCCO)c1cc(Br)sc1Br. The lowest BCUT2D eigenvalue weighted by Crippen LogP contribution is -2.02. The molecule has 0 radical (unpaired) electrons. The molecule has 1 heterocycles. The minimum Gasteiger partial charge on any atom is -0.396 e. The van der Waals surface area contributed by atoms with Crippen LogP contribution in [0.3, 0.4) is 0 Å². The predicted molar refractivity (Wildman–Crippen MR) is 73.1 cm³/mol. The highest BCUT2D eigenvalue weighted by atomic mass is 79.9. The van der Waals surface area contributed by atoms with E-state index in [1.54, 1.807) is 11.8 Å². The molecule has 6 heteroatoms. The number of aliphatic hydroxyl groups excluding tert-OH is 1. The third-order valence-corrected chi connectivity index (χ3v) is 5.02. The van der Waals surface area contributed by atoms with Gasteiger partial charge < -0.3 is 5.11 Å². The fraction of sp³-hybridized carbons (Fsp3) is 0.444. The molecule has 0 fully saturated rings. The topological polar surface area (TPSA) is 37.3 Å². The van der Waals surface area contributed by atoms with Crippen molar-refractivity contribution in [2.75, 3.05) is 18.1 Å². The highest BCUT2D eigenvalue weighted by molar-refractivity contribution is 9.12. The zero-order valence-corrected chi connectivity index (χ0v) is 12.6. The number of rotatable bonds is 6. The van der Waals surface area contributed by atoms with Gasteiger partial charge in [0.25, 0.3) is 0 Å². The largest absolute Gasteiger partial charge is 0.396 e. The molecule has 15 heavy (non-hydrogen) atoms. The Hall–Kier alpha value is 0.640. The van der Waals surface area contributed by atoms with Gasteiger partial charge in [-0.25, -0.2) is 0 Å². The first-order valence-corrected chi connectivity index (χ1v) is 7.87. The van der Waals surface area contributed by atoms with Crippen LogP contribution >= 0.6 is 55.0 Å². The highest BCUT2D eigenvalue weighted by Crippen LogP contribution is 2.32. The third kappa shape index (κ3) is 4.56. The molecule has 0 bridgehead atoms. The number of halogens is 2. The Morgan fingerprint density at radius 2 is 2.27 bits per heavy atom. The molecule has 0 spiro atoms. The third-order valence-electron chi connectivity index (χ3n) is 1.64. The van der Waals surface area contributed by atoms with Crippen molar-refractivity contribution in [2.24, 2.45) is 0 Å². The van der Waals surface area contributed by atoms with Crippen molar-refractivity contribution in [3.05, 3.63) is 19.2 Å². The number of carbonyl (C=O) groups is 1. The first kappa shape index (κ1) is 13.7. The number of carbonyl (C=O) groups excluding carboxylic acids is 1. The van der Waals surface area contributed by atoms with Crippen LogP contribution in [0.25, 0.3) is 0 Å². The standard InChI is InChI=1S/C9H10Br2O2S2/c10-8-4-6(9(11)15-8)7(13)5-14-3-1-2-12/h4,12H,1-3,5H2. The van der Waals surface area contributed by atoms with Crippen molar-refractivity contribution in [3.8, 4) is 0 Å². The molecule has 1 aromatic rings. The van der Waals surface area contributed by atoms with Crippen LogP contribution in [0.4, 0.5) is 0 Å². The van der Waals surface area contributed by atoms with E-state index in [0.717, 1.165) is 25.3 Å². The van der Waals surface area contributed by atoms with Crippen LogP contribution in [0, 0.1) is 0 Å². The molecular formula is C9H10Br2O2S2. The van der Waals surface area contributed by atoms with Gasteiger partial charge in [0.15, 0.2) is 5.78 Å². The van der Waals surface area contributed by atoms with Crippen LogP contribution in [0.15, 0.2) is 13.6 Å². The summed E-state index contributed by atoms with van der Waals surface area (Å²) in [6, 6.07) is 1.84. The quantitative estimate of drug-likeness (QED) is 0.611. The minimum absolute atomic E-state index is 0.131. The summed E-state index contributed by atoms with van der Waals surface area (Å²) in [4.78, 5) is 11.7. The number of aliphatic hydroxyl groups is 1. The van der Waals surface area contributed by atoms with Gasteiger partial charge in [0.05, 0.1) is 13.3 Å². The van der Waals surface area contributed by atoms with Gasteiger partial charge >= 0.3 is 0 Å². The molecule has 0 amide bonds. The van der Waals surface area contributed by atoms with Crippen molar-refractivity contribution >= 4 is 60.7 Å². The summed E-state index contributed by atoms with van der Waals surface area (Å²) >= 11 is 9.76. The lowest BCUT2D eigenvalue weighted by atomic mass is 10.2. The van der Waals surface area contributed by atoms with Gasteiger partial charge in [-0.05, 0) is 50.1 Å². The van der Waals surface area contributed by atoms with Crippen LogP contribution in [-0.4, -0.2) is 29.0 Å². The second-order valence-corrected chi connectivity index (χ2v) is 7.65. The molecule has 0 aliphatic heterocycles. The Morgan fingerprint density at radius 1 is 1.53 bits per heavy atom. The van der Waals surface area contributed by atoms with E-state index in [0.29, 0.717) is 5.75 Å². The van der Waals surface area contributed by atoms with Crippen LogP contribution in [0.5, 0.6) is 0 Å². The average Bonchev–Trinajstić information content (AvgIpc) is 2.52. The molecule has 1 N–H and O–H groups in total. The molecule has 0 aliphatic rings. The number of ketones is 1. The Balaban J connectivity index is 2.43. The molecule has 0 unspecified atom stereocenters. The summed E-state index contributed by atoms with van der Waals surface area (Å²) < 4.78 is 1.83. The maximum absolute atomic E-state index is 11.7. The van der Waals surface area contributed by atoms with Crippen LogP contribution < -0.4 is 0 Å². The second kappa shape index (κ2) is 7.06. The number of thiophene rings is 1. The van der Waals surface area contributed by atoms with Crippen molar-refractivity contribution in [1.82, 2.24) is 0 Å². The molecule has 0 saturated heterocycles. The van der Waals surface area contributed by atoms with Gasteiger partial charge in [0.1, 0.15) is 0 Å². The maximum Gasteiger partial charge on any atom is 0.174 e. The zero-order chi connectivity index (χ0) is 11.3. The monoisotopic (exact) mass is 372 g/mol. The van der Waals surface area contributed by atoms with E-state index in [4.69, 9.17) is 5.11 Å². The Bertz CT molecular complexity index is 339. The minimum atomic E-state index is 0.131. The van der Waals surface area contributed by atoms with Gasteiger partial charge in [-0.15, -0.1) is 11.3 Å². The number of hydrogen-bond acceptors (Lipinski definition) is 4. The lowest BCUT2D eigenvalue weighted by molar-refractivity contribution is 0.102. The van der Waals surface area contributed by atoms with Crippen molar-refractivity contribution in [1.29, 1.82) is 0 Å². The molecule has 0 aromatic carbocycles. The van der Waals surface area contributed by atoms with Gasteiger partial charge in [0, 0.05) is 12.2 Å². The van der Waals surface area contributed by atoms with E-state index in [-0.39, 0.29) is 12.4 Å². The van der Waals surface area contributed by atoms with E-state index < -0.39 is 0 Å². The van der Waals surface area contributed by atoms with Crippen LogP contribution in [-0.2, 0) is 0 Å². The van der Waals surface area contributed by atoms with E-state index in [9.17, 15) is 4.79 Å². The van der Waals surface area contributed by atoms with E-state index >= 15 is 0 Å². The van der Waals surface area contributed by atoms with Gasteiger partial charge in [-0.2, -0.15) is 11.8 Å². The number of Topliss-reactive ketones (excluding diaryl/α,β-unsaturated/α-hetero) is 1. The number of thioether (sulfide) groups is 1. The van der Waals surface area contributed by atoms with E-state index in [1.165, 1.54) is 11.3 Å². The summed E-state index contributed by atoms with van der Waals surface area (Å²) in [6.07, 6.45) is 0.743. The van der Waals surface area contributed by atoms with E-state index in [2.05, 4.69) is 31.9 Å². The molecule has 84 valence electrons. The molecular weight excluding hydrogens is 364 g/mol. The van der Waals surface area contributed by atoms with Gasteiger partial charge in [-0.3, -0.25) is 4.79 Å². The van der Waals surface area contributed by atoms with Crippen LogP contribution in [0.1, 0.15) is 16.8 Å². The molecule has 0 aliphatic carbocycles. The molecule has 0 saturated carbocycles. The van der Waals surface area contributed by atoms with Crippen molar-refractivity contribution in [3.63, 3.8) is 0 Å². The Labute approximate surface area is 114 Å². The smallest absolute Gasteiger partial charge is 0.174 e. The summed E-state index contributed by atoms with van der Waals surface area (Å²) in [5.41, 5.74) is 0.739. The summed E-state index contributed by atoms with van der Waals surface area (Å²) in [7, 11) is 0. The normalized spacial score (nSPS) is 10.6. The molecule has 0 atom stereocenters. The second-order valence-electron chi connectivity index (χ2n) is 2.79. The van der Waals surface area contributed by atoms with Crippen molar-refractivity contribution < 1.29 is 9.90 Å². The molecule has 2 nitrogen and oxygen atoms in total. The van der Waals surface area contributed by atoms with Crippen LogP contribution in [0.2, 0.25) is 0 Å².